The van der Waals surface area contributed by atoms with Crippen molar-refractivity contribution in [3.8, 4) is 0 Å². The SMILES string of the molecule is COC(=O)c1cncc(C2CCN(C(=O)C3CCC(F)(F)C3)CC2)c1. The van der Waals surface area contributed by atoms with Crippen molar-refractivity contribution in [3.63, 3.8) is 0 Å². The number of hydrogen-bond donors (Lipinski definition) is 0. The van der Waals surface area contributed by atoms with Gasteiger partial charge in [-0.05, 0) is 36.8 Å². The van der Waals surface area contributed by atoms with Gasteiger partial charge in [-0.1, -0.05) is 0 Å². The summed E-state index contributed by atoms with van der Waals surface area (Å²) >= 11 is 0. The van der Waals surface area contributed by atoms with Crippen LogP contribution in [0.1, 0.15) is 53.9 Å². The number of halogens is 2. The van der Waals surface area contributed by atoms with Gasteiger partial charge < -0.3 is 9.64 Å². The van der Waals surface area contributed by atoms with E-state index in [0.717, 1.165) is 18.4 Å². The van der Waals surface area contributed by atoms with Crippen molar-refractivity contribution in [2.75, 3.05) is 20.2 Å². The maximum atomic E-state index is 13.3. The first kappa shape index (κ1) is 17.8. The number of amides is 1. The normalized spacial score (nSPS) is 23.5. The number of esters is 1. The summed E-state index contributed by atoms with van der Waals surface area (Å²) in [5, 5.41) is 0. The van der Waals surface area contributed by atoms with E-state index < -0.39 is 17.8 Å². The molecule has 0 radical (unpaired) electrons. The number of rotatable bonds is 3. The van der Waals surface area contributed by atoms with Crippen LogP contribution in [0, 0.1) is 5.92 Å². The number of likely N-dealkylation sites (tertiary alicyclic amines) is 1. The number of carbonyl (C=O) groups is 2. The van der Waals surface area contributed by atoms with E-state index in [2.05, 4.69) is 4.98 Å². The molecule has 5 nitrogen and oxygen atoms in total. The summed E-state index contributed by atoms with van der Waals surface area (Å²) in [4.78, 5) is 29.9. The van der Waals surface area contributed by atoms with E-state index in [-0.39, 0.29) is 31.1 Å². The van der Waals surface area contributed by atoms with Gasteiger partial charge in [0, 0.05) is 44.2 Å². The molecule has 0 N–H and O–H groups in total. The zero-order valence-electron chi connectivity index (χ0n) is 14.2. The lowest BCUT2D eigenvalue weighted by Crippen LogP contribution is -2.41. The Bertz CT molecular complexity index is 657. The predicted molar refractivity (Wildman–Crippen MR) is 86.4 cm³/mol. The molecule has 7 heteroatoms. The largest absolute Gasteiger partial charge is 0.465 e. The van der Waals surface area contributed by atoms with E-state index in [0.29, 0.717) is 18.7 Å². The van der Waals surface area contributed by atoms with Crippen molar-refractivity contribution < 1.29 is 23.1 Å². The summed E-state index contributed by atoms with van der Waals surface area (Å²) < 4.78 is 31.4. The quantitative estimate of drug-likeness (QED) is 0.785. The molecule has 1 amide bonds. The molecule has 2 aliphatic rings. The zero-order chi connectivity index (χ0) is 18.0. The minimum Gasteiger partial charge on any atom is -0.465 e. The number of ether oxygens (including phenoxy) is 1. The van der Waals surface area contributed by atoms with Gasteiger partial charge in [0.15, 0.2) is 0 Å². The lowest BCUT2D eigenvalue weighted by Gasteiger charge is -2.33. The lowest BCUT2D eigenvalue weighted by atomic mass is 9.89. The Hall–Kier alpha value is -2.05. The molecule has 1 unspecified atom stereocenters. The molecule has 3 rings (SSSR count). The summed E-state index contributed by atoms with van der Waals surface area (Å²) in [7, 11) is 1.33. The summed E-state index contributed by atoms with van der Waals surface area (Å²) in [6, 6.07) is 1.78. The molecule has 136 valence electrons. The van der Waals surface area contributed by atoms with Crippen LogP contribution >= 0.6 is 0 Å². The minimum atomic E-state index is -2.70. The van der Waals surface area contributed by atoms with Gasteiger partial charge in [0.05, 0.1) is 12.7 Å². The Morgan fingerprint density at radius 3 is 2.56 bits per heavy atom. The van der Waals surface area contributed by atoms with Crippen LogP contribution in [0.3, 0.4) is 0 Å². The lowest BCUT2D eigenvalue weighted by molar-refractivity contribution is -0.137. The van der Waals surface area contributed by atoms with Gasteiger partial charge in [0.1, 0.15) is 0 Å². The molecule has 1 aliphatic carbocycles. The Labute approximate surface area is 145 Å². The molecule has 1 saturated heterocycles. The highest BCUT2D eigenvalue weighted by atomic mass is 19.3. The number of pyridine rings is 1. The summed E-state index contributed by atoms with van der Waals surface area (Å²) in [5.41, 5.74) is 1.36. The van der Waals surface area contributed by atoms with E-state index in [1.54, 1.807) is 17.2 Å². The number of hydrogen-bond acceptors (Lipinski definition) is 4. The van der Waals surface area contributed by atoms with Gasteiger partial charge in [-0.15, -0.1) is 0 Å². The van der Waals surface area contributed by atoms with Crippen LogP contribution in [0.5, 0.6) is 0 Å². The van der Waals surface area contributed by atoms with Crippen LogP contribution in [-0.2, 0) is 9.53 Å². The van der Waals surface area contributed by atoms with Gasteiger partial charge >= 0.3 is 5.97 Å². The number of methoxy groups -OCH3 is 1. The third-order valence-electron chi connectivity index (χ3n) is 5.21. The number of carbonyl (C=O) groups excluding carboxylic acids is 2. The van der Waals surface area contributed by atoms with Crippen molar-refractivity contribution in [1.82, 2.24) is 9.88 Å². The van der Waals surface area contributed by atoms with E-state index in [4.69, 9.17) is 4.74 Å². The number of aromatic nitrogens is 1. The highest BCUT2D eigenvalue weighted by Crippen LogP contribution is 2.40. The van der Waals surface area contributed by atoms with Gasteiger partial charge in [0.25, 0.3) is 0 Å². The van der Waals surface area contributed by atoms with E-state index in [1.165, 1.54) is 13.3 Å². The average molecular weight is 352 g/mol. The highest BCUT2D eigenvalue weighted by molar-refractivity contribution is 5.89. The highest BCUT2D eigenvalue weighted by Gasteiger charge is 2.44. The molecule has 1 aliphatic heterocycles. The second-order valence-corrected chi connectivity index (χ2v) is 6.89. The van der Waals surface area contributed by atoms with Crippen LogP contribution < -0.4 is 0 Å². The molecule has 1 atom stereocenters. The monoisotopic (exact) mass is 352 g/mol. The van der Waals surface area contributed by atoms with E-state index in [9.17, 15) is 18.4 Å². The molecule has 2 heterocycles. The number of piperidine rings is 1. The first-order chi connectivity index (χ1) is 11.9. The fourth-order valence-corrected chi connectivity index (χ4v) is 3.76. The van der Waals surface area contributed by atoms with Gasteiger partial charge in [-0.25, -0.2) is 13.6 Å². The predicted octanol–water partition coefficient (Wildman–Crippen LogP) is 3.01. The molecule has 1 aromatic heterocycles. The molecule has 1 aromatic rings. The molecular weight excluding hydrogens is 330 g/mol. The van der Waals surface area contributed by atoms with Crippen LogP contribution in [0.4, 0.5) is 8.78 Å². The fraction of sp³-hybridized carbons (Fsp3) is 0.611. The van der Waals surface area contributed by atoms with Crippen LogP contribution in [0.25, 0.3) is 0 Å². The van der Waals surface area contributed by atoms with Crippen LogP contribution in [0.15, 0.2) is 18.5 Å². The van der Waals surface area contributed by atoms with E-state index >= 15 is 0 Å². The molecule has 2 fully saturated rings. The topological polar surface area (TPSA) is 59.5 Å². The Balaban J connectivity index is 1.59. The number of alkyl halides is 2. The Kier molecular flexibility index (Phi) is 5.01. The summed E-state index contributed by atoms with van der Waals surface area (Å²) in [5.74, 6) is -3.61. The molecule has 0 aromatic carbocycles. The second kappa shape index (κ2) is 7.06. The van der Waals surface area contributed by atoms with Crippen molar-refractivity contribution in [2.24, 2.45) is 5.92 Å². The Morgan fingerprint density at radius 2 is 1.96 bits per heavy atom. The Morgan fingerprint density at radius 1 is 1.24 bits per heavy atom. The average Bonchev–Trinajstić information content (AvgIpc) is 3.00. The molecule has 1 saturated carbocycles. The minimum absolute atomic E-state index is 0.142. The fourth-order valence-electron chi connectivity index (χ4n) is 3.76. The smallest absolute Gasteiger partial charge is 0.339 e. The first-order valence-electron chi connectivity index (χ1n) is 8.59. The maximum Gasteiger partial charge on any atom is 0.339 e. The van der Waals surface area contributed by atoms with Crippen LogP contribution in [-0.4, -0.2) is 47.9 Å². The molecular formula is C18H22F2N2O3. The second-order valence-electron chi connectivity index (χ2n) is 6.89. The van der Waals surface area contributed by atoms with Crippen molar-refractivity contribution in [2.45, 2.75) is 43.9 Å². The van der Waals surface area contributed by atoms with Crippen LogP contribution in [0.2, 0.25) is 0 Å². The number of nitrogens with zero attached hydrogens (tertiary/aromatic N) is 2. The van der Waals surface area contributed by atoms with Crippen molar-refractivity contribution in [3.05, 3.63) is 29.6 Å². The van der Waals surface area contributed by atoms with Crippen molar-refractivity contribution >= 4 is 11.9 Å². The van der Waals surface area contributed by atoms with Gasteiger partial charge in [-0.3, -0.25) is 9.78 Å². The van der Waals surface area contributed by atoms with Gasteiger partial charge in [-0.2, -0.15) is 0 Å². The third kappa shape index (κ3) is 3.96. The van der Waals surface area contributed by atoms with Gasteiger partial charge in [0.2, 0.25) is 11.8 Å². The molecule has 25 heavy (non-hydrogen) atoms. The zero-order valence-corrected chi connectivity index (χ0v) is 14.2. The van der Waals surface area contributed by atoms with E-state index in [1.807, 2.05) is 0 Å². The first-order valence-corrected chi connectivity index (χ1v) is 8.59. The molecule has 0 spiro atoms. The summed E-state index contributed by atoms with van der Waals surface area (Å²) in [6.07, 6.45) is 4.43. The van der Waals surface area contributed by atoms with Crippen molar-refractivity contribution in [1.29, 1.82) is 0 Å². The third-order valence-corrected chi connectivity index (χ3v) is 5.21. The summed E-state index contributed by atoms with van der Waals surface area (Å²) in [6.45, 7) is 1.10. The standard InChI is InChI=1S/C18H22F2N2O3/c1-25-17(24)15-8-14(10-21-11-15)12-3-6-22(7-4-12)16(23)13-2-5-18(19,20)9-13/h8,10-13H,2-7,9H2,1H3. The maximum absolute atomic E-state index is 13.3. The molecule has 0 bridgehead atoms.